The van der Waals surface area contributed by atoms with E-state index in [1.165, 1.54) is 0 Å². The monoisotopic (exact) mass is 346 g/mol. The van der Waals surface area contributed by atoms with E-state index in [2.05, 4.69) is 0 Å². The van der Waals surface area contributed by atoms with Crippen LogP contribution in [0.25, 0.3) is 0 Å². The predicted molar refractivity (Wildman–Crippen MR) is 86.3 cm³/mol. The molecule has 6 heteroatoms. The summed E-state index contributed by atoms with van der Waals surface area (Å²) in [6.07, 6.45) is 0.618. The zero-order chi connectivity index (χ0) is 17.8. The van der Waals surface area contributed by atoms with E-state index in [1.54, 1.807) is 18.2 Å². The van der Waals surface area contributed by atoms with Gasteiger partial charge in [-0.2, -0.15) is 13.2 Å². The molecule has 1 aromatic carbocycles. The molecule has 0 spiro atoms. The van der Waals surface area contributed by atoms with Crippen molar-refractivity contribution < 1.29 is 27.8 Å². The van der Waals surface area contributed by atoms with Crippen molar-refractivity contribution in [3.8, 4) is 5.75 Å². The van der Waals surface area contributed by atoms with Crippen molar-refractivity contribution in [2.45, 2.75) is 64.0 Å². The maximum atomic E-state index is 12.0. The number of hydrogen-bond acceptors (Lipinski definition) is 2. The largest absolute Gasteiger partial charge is 0.493 e. The Hall–Kier alpha value is -1.72. The van der Waals surface area contributed by atoms with Crippen LogP contribution in [0.5, 0.6) is 5.75 Å². The van der Waals surface area contributed by atoms with Crippen molar-refractivity contribution in [3.05, 3.63) is 29.8 Å². The van der Waals surface area contributed by atoms with Crippen molar-refractivity contribution in [3.63, 3.8) is 0 Å². The highest BCUT2D eigenvalue weighted by Crippen LogP contribution is 2.23. The first-order valence-corrected chi connectivity index (χ1v) is 8.38. The number of ether oxygens (including phenoxy) is 1. The van der Waals surface area contributed by atoms with Gasteiger partial charge in [0.15, 0.2) is 0 Å². The summed E-state index contributed by atoms with van der Waals surface area (Å²) in [7, 11) is 0. The first-order valence-electron chi connectivity index (χ1n) is 8.38. The van der Waals surface area contributed by atoms with E-state index in [0.29, 0.717) is 24.3 Å². The summed E-state index contributed by atoms with van der Waals surface area (Å²) in [5.74, 6) is -0.288. The number of carboxylic acids is 1. The van der Waals surface area contributed by atoms with Crippen LogP contribution in [0.4, 0.5) is 13.2 Å². The second kappa shape index (κ2) is 10.9. The second-order valence-electron chi connectivity index (χ2n) is 5.87. The molecule has 0 aromatic heterocycles. The van der Waals surface area contributed by atoms with Crippen LogP contribution in [-0.2, 0) is 11.2 Å². The number of para-hydroxylation sites is 1. The van der Waals surface area contributed by atoms with Gasteiger partial charge < -0.3 is 9.84 Å². The Morgan fingerprint density at radius 1 is 0.958 bits per heavy atom. The number of halogens is 3. The molecule has 0 amide bonds. The van der Waals surface area contributed by atoms with Crippen LogP contribution in [0.1, 0.15) is 56.9 Å². The van der Waals surface area contributed by atoms with Crippen molar-refractivity contribution in [2.24, 2.45) is 0 Å². The molecule has 0 fully saturated rings. The molecule has 136 valence electrons. The first-order chi connectivity index (χ1) is 11.4. The average Bonchev–Trinajstić information content (AvgIpc) is 2.49. The molecule has 0 unspecified atom stereocenters. The lowest BCUT2D eigenvalue weighted by Gasteiger charge is -2.10. The van der Waals surface area contributed by atoms with Crippen molar-refractivity contribution >= 4 is 5.97 Å². The first kappa shape index (κ1) is 20.3. The van der Waals surface area contributed by atoms with Gasteiger partial charge in [-0.3, -0.25) is 4.79 Å². The van der Waals surface area contributed by atoms with Gasteiger partial charge in [0.1, 0.15) is 5.75 Å². The molecule has 0 aliphatic rings. The topological polar surface area (TPSA) is 46.5 Å². The molecule has 0 heterocycles. The van der Waals surface area contributed by atoms with Crippen LogP contribution in [0.15, 0.2) is 24.3 Å². The minimum absolute atomic E-state index is 0.0614. The normalized spacial score (nSPS) is 11.5. The van der Waals surface area contributed by atoms with E-state index >= 15 is 0 Å². The summed E-state index contributed by atoms with van der Waals surface area (Å²) >= 11 is 0. The third-order valence-electron chi connectivity index (χ3n) is 3.68. The van der Waals surface area contributed by atoms with Gasteiger partial charge in [-0.25, -0.2) is 0 Å². The molecule has 0 bridgehead atoms. The summed E-state index contributed by atoms with van der Waals surface area (Å²) < 4.78 is 41.5. The molecule has 0 atom stereocenters. The predicted octanol–water partition coefficient (Wildman–Crippen LogP) is 5.38. The highest BCUT2D eigenvalue weighted by Gasteiger charge is 2.25. The minimum Gasteiger partial charge on any atom is -0.493 e. The van der Waals surface area contributed by atoms with Gasteiger partial charge in [-0.15, -0.1) is 0 Å². The minimum atomic E-state index is -4.03. The van der Waals surface area contributed by atoms with Gasteiger partial charge in [0.2, 0.25) is 0 Å². The molecular formula is C18H25F3O3. The highest BCUT2D eigenvalue weighted by molar-refractivity contribution is 5.71. The lowest BCUT2D eigenvalue weighted by molar-refractivity contribution is -0.137. The Bertz CT molecular complexity index is 487. The third kappa shape index (κ3) is 10.1. The Labute approximate surface area is 140 Å². The second-order valence-corrected chi connectivity index (χ2v) is 5.87. The molecular weight excluding hydrogens is 321 g/mol. The Morgan fingerprint density at radius 2 is 1.54 bits per heavy atom. The molecule has 24 heavy (non-hydrogen) atoms. The Kier molecular flexibility index (Phi) is 9.27. The van der Waals surface area contributed by atoms with Gasteiger partial charge in [0, 0.05) is 12.0 Å². The van der Waals surface area contributed by atoms with E-state index in [1.807, 2.05) is 6.07 Å². The van der Waals surface area contributed by atoms with Crippen molar-refractivity contribution in [2.75, 3.05) is 6.61 Å². The summed E-state index contributed by atoms with van der Waals surface area (Å²) in [5.41, 5.74) is 0.662. The number of rotatable bonds is 12. The zero-order valence-corrected chi connectivity index (χ0v) is 13.8. The summed E-state index contributed by atoms with van der Waals surface area (Å²) in [6, 6.07) is 7.09. The number of aliphatic carboxylic acids is 1. The van der Waals surface area contributed by atoms with Gasteiger partial charge in [-0.05, 0) is 18.9 Å². The maximum absolute atomic E-state index is 12.0. The van der Waals surface area contributed by atoms with Crippen LogP contribution >= 0.6 is 0 Å². The summed E-state index contributed by atoms with van der Waals surface area (Å²) in [4.78, 5) is 10.8. The molecule has 0 saturated carbocycles. The Balaban J connectivity index is 2.06. The molecule has 3 nitrogen and oxygen atoms in total. The van der Waals surface area contributed by atoms with E-state index in [0.717, 1.165) is 32.1 Å². The molecule has 0 aliphatic heterocycles. The van der Waals surface area contributed by atoms with Crippen LogP contribution in [0, 0.1) is 0 Å². The average molecular weight is 346 g/mol. The van der Waals surface area contributed by atoms with Crippen molar-refractivity contribution in [1.82, 2.24) is 0 Å². The van der Waals surface area contributed by atoms with E-state index in [-0.39, 0.29) is 12.8 Å². The number of alkyl halides is 3. The molecule has 0 saturated heterocycles. The maximum Gasteiger partial charge on any atom is 0.389 e. The van der Waals surface area contributed by atoms with E-state index in [9.17, 15) is 18.0 Å². The van der Waals surface area contributed by atoms with Gasteiger partial charge >= 0.3 is 12.1 Å². The number of unbranched alkanes of at least 4 members (excludes halogenated alkanes) is 6. The van der Waals surface area contributed by atoms with Gasteiger partial charge in [0.25, 0.3) is 0 Å². The molecule has 0 radical (unpaired) electrons. The lowest BCUT2D eigenvalue weighted by Crippen LogP contribution is -2.06. The molecule has 1 rings (SSSR count). The molecule has 1 aromatic rings. The fourth-order valence-electron chi connectivity index (χ4n) is 2.45. The van der Waals surface area contributed by atoms with Crippen LogP contribution in [0.2, 0.25) is 0 Å². The van der Waals surface area contributed by atoms with E-state index in [4.69, 9.17) is 9.84 Å². The summed E-state index contributed by atoms with van der Waals surface area (Å²) in [6.45, 7) is 0.519. The van der Waals surface area contributed by atoms with Crippen LogP contribution < -0.4 is 4.74 Å². The Morgan fingerprint density at radius 3 is 2.17 bits per heavy atom. The van der Waals surface area contributed by atoms with Crippen LogP contribution in [0.3, 0.4) is 0 Å². The standard InChI is InChI=1S/C18H25F3O3/c19-18(20,21)12-8-4-2-1-3-5-9-13-24-16-11-7-6-10-15(16)14-17(22)23/h6-7,10-11H,1-5,8-9,12-14H2,(H,22,23). The van der Waals surface area contributed by atoms with Gasteiger partial charge in [0.05, 0.1) is 13.0 Å². The van der Waals surface area contributed by atoms with Gasteiger partial charge in [-0.1, -0.05) is 50.3 Å². The number of carbonyl (C=O) groups is 1. The van der Waals surface area contributed by atoms with E-state index < -0.39 is 18.6 Å². The number of benzene rings is 1. The SMILES string of the molecule is O=C(O)Cc1ccccc1OCCCCCCCCCC(F)(F)F. The number of carboxylic acid groups (broad SMARTS) is 1. The quantitative estimate of drug-likeness (QED) is 0.517. The summed E-state index contributed by atoms with van der Waals surface area (Å²) in [5, 5.41) is 8.85. The zero-order valence-electron chi connectivity index (χ0n) is 13.8. The molecule has 0 aliphatic carbocycles. The number of hydrogen-bond donors (Lipinski definition) is 1. The fourth-order valence-corrected chi connectivity index (χ4v) is 2.45. The smallest absolute Gasteiger partial charge is 0.389 e. The van der Waals surface area contributed by atoms with Crippen LogP contribution in [-0.4, -0.2) is 23.9 Å². The third-order valence-corrected chi connectivity index (χ3v) is 3.68. The lowest BCUT2D eigenvalue weighted by atomic mass is 10.1. The van der Waals surface area contributed by atoms with Crippen molar-refractivity contribution in [1.29, 1.82) is 0 Å². The fraction of sp³-hybridized carbons (Fsp3) is 0.611. The highest BCUT2D eigenvalue weighted by atomic mass is 19.4. The molecule has 1 N–H and O–H groups in total.